The SMILES string of the molecule is C[C@H](O)Cc1cnc(Cl)c(Cl)c1. The van der Waals surface area contributed by atoms with Gasteiger partial charge in [0, 0.05) is 6.20 Å². The van der Waals surface area contributed by atoms with E-state index >= 15 is 0 Å². The Kier molecular flexibility index (Phi) is 3.32. The fourth-order valence-electron chi connectivity index (χ4n) is 0.914. The quantitative estimate of drug-likeness (QED) is 0.753. The summed E-state index contributed by atoms with van der Waals surface area (Å²) in [5.41, 5.74) is 0.888. The summed E-state index contributed by atoms with van der Waals surface area (Å²) in [5.74, 6) is 0. The molecule has 1 rings (SSSR count). The van der Waals surface area contributed by atoms with E-state index in [0.717, 1.165) is 5.56 Å². The summed E-state index contributed by atoms with van der Waals surface area (Å²) in [4.78, 5) is 3.85. The van der Waals surface area contributed by atoms with E-state index in [2.05, 4.69) is 4.98 Å². The average Bonchev–Trinajstić information content (AvgIpc) is 1.96. The maximum atomic E-state index is 9.06. The van der Waals surface area contributed by atoms with Crippen LogP contribution in [0.4, 0.5) is 0 Å². The number of rotatable bonds is 2. The number of hydrogen-bond donors (Lipinski definition) is 1. The maximum Gasteiger partial charge on any atom is 0.147 e. The summed E-state index contributed by atoms with van der Waals surface area (Å²) in [6.45, 7) is 1.71. The molecule has 0 aromatic carbocycles. The van der Waals surface area contributed by atoms with Crippen molar-refractivity contribution in [2.75, 3.05) is 0 Å². The number of nitrogens with zero attached hydrogens (tertiary/aromatic N) is 1. The molecule has 0 aliphatic carbocycles. The van der Waals surface area contributed by atoms with Gasteiger partial charge >= 0.3 is 0 Å². The minimum Gasteiger partial charge on any atom is -0.393 e. The zero-order valence-electron chi connectivity index (χ0n) is 6.59. The minimum absolute atomic E-state index is 0.297. The van der Waals surface area contributed by atoms with Gasteiger partial charge in [-0.1, -0.05) is 23.2 Å². The van der Waals surface area contributed by atoms with Crippen LogP contribution in [0.2, 0.25) is 10.2 Å². The fraction of sp³-hybridized carbons (Fsp3) is 0.375. The second kappa shape index (κ2) is 4.08. The lowest BCUT2D eigenvalue weighted by Crippen LogP contribution is -2.04. The molecule has 1 N–H and O–H groups in total. The first-order valence-corrected chi connectivity index (χ1v) is 4.33. The molecule has 4 heteroatoms. The third-order valence-corrected chi connectivity index (χ3v) is 2.07. The molecule has 1 aromatic heterocycles. The molecule has 2 nitrogen and oxygen atoms in total. The van der Waals surface area contributed by atoms with Crippen molar-refractivity contribution in [1.82, 2.24) is 4.98 Å². The second-order valence-corrected chi connectivity index (χ2v) is 3.43. The highest BCUT2D eigenvalue weighted by Crippen LogP contribution is 2.20. The van der Waals surface area contributed by atoms with Crippen LogP contribution >= 0.6 is 23.2 Å². The summed E-state index contributed by atoms with van der Waals surface area (Å²) < 4.78 is 0. The van der Waals surface area contributed by atoms with Gasteiger partial charge in [-0.05, 0) is 25.0 Å². The van der Waals surface area contributed by atoms with E-state index in [9.17, 15) is 0 Å². The minimum atomic E-state index is -0.385. The van der Waals surface area contributed by atoms with Gasteiger partial charge in [0.15, 0.2) is 0 Å². The monoisotopic (exact) mass is 205 g/mol. The lowest BCUT2D eigenvalue weighted by atomic mass is 10.1. The van der Waals surface area contributed by atoms with Gasteiger partial charge in [-0.3, -0.25) is 0 Å². The van der Waals surface area contributed by atoms with Crippen molar-refractivity contribution in [2.45, 2.75) is 19.4 Å². The predicted molar refractivity (Wildman–Crippen MR) is 49.6 cm³/mol. The van der Waals surface area contributed by atoms with Crippen LogP contribution in [0.25, 0.3) is 0 Å². The molecule has 66 valence electrons. The van der Waals surface area contributed by atoms with Crippen molar-refractivity contribution < 1.29 is 5.11 Å². The van der Waals surface area contributed by atoms with Crippen LogP contribution in [0.15, 0.2) is 12.3 Å². The van der Waals surface area contributed by atoms with E-state index in [0.29, 0.717) is 16.6 Å². The van der Waals surface area contributed by atoms with Gasteiger partial charge in [-0.2, -0.15) is 0 Å². The number of aliphatic hydroxyl groups excluding tert-OH is 1. The Morgan fingerprint density at radius 3 is 2.75 bits per heavy atom. The summed E-state index contributed by atoms with van der Waals surface area (Å²) in [6, 6.07) is 1.71. The third-order valence-electron chi connectivity index (χ3n) is 1.38. The molecule has 0 saturated heterocycles. The van der Waals surface area contributed by atoms with Crippen LogP contribution in [0.3, 0.4) is 0 Å². The van der Waals surface area contributed by atoms with Gasteiger partial charge < -0.3 is 5.11 Å². The molecule has 1 aromatic rings. The Labute approximate surface area is 81.1 Å². The van der Waals surface area contributed by atoms with Crippen molar-refractivity contribution in [3.63, 3.8) is 0 Å². The topological polar surface area (TPSA) is 33.1 Å². The van der Waals surface area contributed by atoms with E-state index in [1.807, 2.05) is 0 Å². The molecule has 0 aliphatic heterocycles. The number of aliphatic hydroxyl groups is 1. The standard InChI is InChI=1S/C8H9Cl2NO/c1-5(12)2-6-3-7(9)8(10)11-4-6/h3-5,12H,2H2,1H3/t5-/m0/s1. The highest BCUT2D eigenvalue weighted by molar-refractivity contribution is 6.41. The predicted octanol–water partition coefficient (Wildman–Crippen LogP) is 2.31. The van der Waals surface area contributed by atoms with Crippen molar-refractivity contribution in [3.8, 4) is 0 Å². The molecule has 12 heavy (non-hydrogen) atoms. The van der Waals surface area contributed by atoms with E-state index in [1.54, 1.807) is 19.2 Å². The van der Waals surface area contributed by atoms with Gasteiger partial charge in [-0.15, -0.1) is 0 Å². The van der Waals surface area contributed by atoms with Crippen LogP contribution in [0.5, 0.6) is 0 Å². The van der Waals surface area contributed by atoms with E-state index in [4.69, 9.17) is 28.3 Å². The van der Waals surface area contributed by atoms with Crippen LogP contribution < -0.4 is 0 Å². The molecule has 0 bridgehead atoms. The molecule has 1 atom stereocenters. The number of halogens is 2. The van der Waals surface area contributed by atoms with Gasteiger partial charge in [-0.25, -0.2) is 4.98 Å². The summed E-state index contributed by atoms with van der Waals surface area (Å²) in [5, 5.41) is 9.79. The smallest absolute Gasteiger partial charge is 0.147 e. The first-order chi connectivity index (χ1) is 5.59. The zero-order valence-corrected chi connectivity index (χ0v) is 8.10. The van der Waals surface area contributed by atoms with Crippen molar-refractivity contribution in [3.05, 3.63) is 28.0 Å². The van der Waals surface area contributed by atoms with Crippen LogP contribution in [0, 0.1) is 0 Å². The van der Waals surface area contributed by atoms with E-state index in [1.165, 1.54) is 0 Å². The van der Waals surface area contributed by atoms with Crippen LogP contribution in [-0.4, -0.2) is 16.2 Å². The molecule has 0 amide bonds. The normalized spacial score (nSPS) is 13.0. The summed E-state index contributed by atoms with van der Waals surface area (Å²) >= 11 is 11.3. The van der Waals surface area contributed by atoms with E-state index < -0.39 is 0 Å². The van der Waals surface area contributed by atoms with Gasteiger partial charge in [0.05, 0.1) is 11.1 Å². The van der Waals surface area contributed by atoms with Crippen molar-refractivity contribution in [1.29, 1.82) is 0 Å². The van der Waals surface area contributed by atoms with Gasteiger partial charge in [0.25, 0.3) is 0 Å². The van der Waals surface area contributed by atoms with Crippen LogP contribution in [-0.2, 0) is 6.42 Å². The van der Waals surface area contributed by atoms with Crippen LogP contribution in [0.1, 0.15) is 12.5 Å². The van der Waals surface area contributed by atoms with E-state index in [-0.39, 0.29) is 6.10 Å². The third kappa shape index (κ3) is 2.63. The number of aromatic nitrogens is 1. The Morgan fingerprint density at radius 1 is 1.58 bits per heavy atom. The molecule has 0 radical (unpaired) electrons. The number of hydrogen-bond acceptors (Lipinski definition) is 2. The van der Waals surface area contributed by atoms with Crippen molar-refractivity contribution in [2.24, 2.45) is 0 Å². The lowest BCUT2D eigenvalue weighted by molar-refractivity contribution is 0.195. The van der Waals surface area contributed by atoms with Crippen molar-refractivity contribution >= 4 is 23.2 Å². The molecule has 0 saturated carbocycles. The molecule has 0 fully saturated rings. The molecule has 0 aliphatic rings. The maximum absolute atomic E-state index is 9.06. The Morgan fingerprint density at radius 2 is 2.25 bits per heavy atom. The average molecular weight is 206 g/mol. The van der Waals surface area contributed by atoms with Gasteiger partial charge in [0.2, 0.25) is 0 Å². The molecule has 1 heterocycles. The molecule has 0 spiro atoms. The first-order valence-electron chi connectivity index (χ1n) is 3.57. The first kappa shape index (κ1) is 9.78. The van der Waals surface area contributed by atoms with Gasteiger partial charge in [0.1, 0.15) is 5.15 Å². The highest BCUT2D eigenvalue weighted by atomic mass is 35.5. The zero-order chi connectivity index (χ0) is 9.14. The lowest BCUT2D eigenvalue weighted by Gasteiger charge is -2.04. The molecule has 0 unspecified atom stereocenters. The molecular weight excluding hydrogens is 197 g/mol. The second-order valence-electron chi connectivity index (χ2n) is 2.67. The number of pyridine rings is 1. The largest absolute Gasteiger partial charge is 0.393 e. The highest BCUT2D eigenvalue weighted by Gasteiger charge is 2.03. The Bertz CT molecular complexity index is 276. The summed E-state index contributed by atoms with van der Waals surface area (Å²) in [7, 11) is 0. The molecular formula is C8H9Cl2NO. The summed E-state index contributed by atoms with van der Waals surface area (Å²) in [6.07, 6.45) is 1.77. The fourth-order valence-corrected chi connectivity index (χ4v) is 1.21. The Hall–Kier alpha value is -0.310. The Balaban J connectivity index is 2.82.